The molecule has 1 saturated carbocycles. The van der Waals surface area contributed by atoms with Gasteiger partial charge in [0.1, 0.15) is 0 Å². The fourth-order valence-corrected chi connectivity index (χ4v) is 3.79. The summed E-state index contributed by atoms with van der Waals surface area (Å²) in [4.78, 5) is 14.6. The first-order valence-corrected chi connectivity index (χ1v) is 9.19. The molecule has 0 unspecified atom stereocenters. The highest BCUT2D eigenvalue weighted by Gasteiger charge is 2.22. The van der Waals surface area contributed by atoms with E-state index in [2.05, 4.69) is 27.7 Å². The number of carbonyl (C=O) groups excluding carboxylic acids is 1. The van der Waals surface area contributed by atoms with Gasteiger partial charge in [-0.2, -0.15) is 0 Å². The topological polar surface area (TPSA) is 64.6 Å². The minimum Gasteiger partial charge on any atom is -0.396 e. The molecule has 0 spiro atoms. The van der Waals surface area contributed by atoms with E-state index >= 15 is 0 Å². The lowest BCUT2D eigenvalue weighted by molar-refractivity contribution is 0.176. The van der Waals surface area contributed by atoms with E-state index in [1.54, 1.807) is 0 Å². The summed E-state index contributed by atoms with van der Waals surface area (Å²) in [6.07, 6.45) is 6.41. The van der Waals surface area contributed by atoms with Crippen LogP contribution in [0.2, 0.25) is 0 Å². The Hall–Kier alpha value is -1.75. The zero-order valence-corrected chi connectivity index (χ0v) is 14.6. The maximum Gasteiger partial charge on any atom is 0.319 e. The molecule has 5 heteroatoms. The number of amides is 2. The minimum absolute atomic E-state index is 0.125. The Morgan fingerprint density at radius 3 is 2.54 bits per heavy atom. The van der Waals surface area contributed by atoms with Crippen molar-refractivity contribution in [1.82, 2.24) is 5.32 Å². The van der Waals surface area contributed by atoms with Crippen molar-refractivity contribution in [2.45, 2.75) is 51.5 Å². The van der Waals surface area contributed by atoms with Crippen LogP contribution in [0.3, 0.4) is 0 Å². The van der Waals surface area contributed by atoms with Gasteiger partial charge >= 0.3 is 6.03 Å². The van der Waals surface area contributed by atoms with Crippen LogP contribution in [0.4, 0.5) is 16.2 Å². The molecule has 1 aliphatic carbocycles. The van der Waals surface area contributed by atoms with Crippen LogP contribution in [0.1, 0.15) is 44.1 Å². The zero-order chi connectivity index (χ0) is 16.9. The van der Waals surface area contributed by atoms with Gasteiger partial charge in [-0.15, -0.1) is 0 Å². The lowest BCUT2D eigenvalue weighted by Crippen LogP contribution is -2.40. The van der Waals surface area contributed by atoms with E-state index in [1.165, 1.54) is 18.5 Å². The van der Waals surface area contributed by atoms with Crippen molar-refractivity contribution in [3.63, 3.8) is 0 Å². The van der Waals surface area contributed by atoms with Crippen molar-refractivity contribution in [3.05, 3.63) is 23.8 Å². The summed E-state index contributed by atoms with van der Waals surface area (Å²) in [6, 6.07) is 6.36. The molecule has 132 valence electrons. The highest BCUT2D eigenvalue weighted by molar-refractivity contribution is 5.90. The molecule has 3 rings (SSSR count). The average molecular weight is 331 g/mol. The molecule has 2 amide bonds. The number of anilines is 2. The Kier molecular flexibility index (Phi) is 5.61. The van der Waals surface area contributed by atoms with E-state index in [4.69, 9.17) is 0 Å². The van der Waals surface area contributed by atoms with E-state index in [0.717, 1.165) is 50.0 Å². The smallest absolute Gasteiger partial charge is 0.319 e. The van der Waals surface area contributed by atoms with Crippen molar-refractivity contribution < 1.29 is 9.90 Å². The Morgan fingerprint density at radius 2 is 1.92 bits per heavy atom. The molecule has 0 bridgehead atoms. The molecule has 1 saturated heterocycles. The van der Waals surface area contributed by atoms with Crippen molar-refractivity contribution in [2.75, 3.05) is 29.9 Å². The molecular weight excluding hydrogens is 302 g/mol. The van der Waals surface area contributed by atoms with E-state index < -0.39 is 0 Å². The van der Waals surface area contributed by atoms with Gasteiger partial charge in [-0.05, 0) is 75.1 Å². The molecule has 0 aromatic heterocycles. The van der Waals surface area contributed by atoms with Gasteiger partial charge in [-0.25, -0.2) is 4.79 Å². The lowest BCUT2D eigenvalue weighted by atomic mass is 9.87. The number of rotatable bonds is 4. The molecule has 24 heavy (non-hydrogen) atoms. The number of aryl methyl sites for hydroxylation is 1. The number of nitrogens with zero attached hydrogens (tertiary/aromatic N) is 1. The molecule has 2 fully saturated rings. The van der Waals surface area contributed by atoms with Gasteiger partial charge in [-0.3, -0.25) is 0 Å². The van der Waals surface area contributed by atoms with Gasteiger partial charge in [0.2, 0.25) is 0 Å². The first kappa shape index (κ1) is 17.1. The number of nitrogens with one attached hydrogen (secondary N) is 2. The first-order chi connectivity index (χ1) is 11.7. The number of hydrogen-bond acceptors (Lipinski definition) is 3. The SMILES string of the molecule is Cc1cc(N2CCCC2)ccc1NC(=O)NC1CCC(CO)CC1. The quantitative estimate of drug-likeness (QED) is 0.793. The fraction of sp³-hybridized carbons (Fsp3) is 0.632. The maximum absolute atomic E-state index is 12.2. The second kappa shape index (κ2) is 7.88. The molecule has 3 N–H and O–H groups in total. The van der Waals surface area contributed by atoms with Gasteiger partial charge < -0.3 is 20.6 Å². The summed E-state index contributed by atoms with van der Waals surface area (Å²) in [5, 5.41) is 15.2. The third-order valence-corrected chi connectivity index (χ3v) is 5.37. The van der Waals surface area contributed by atoms with E-state index in [0.29, 0.717) is 5.92 Å². The van der Waals surface area contributed by atoms with Gasteiger partial charge in [0.15, 0.2) is 0 Å². The maximum atomic E-state index is 12.2. The van der Waals surface area contributed by atoms with Crippen LogP contribution < -0.4 is 15.5 Å². The van der Waals surface area contributed by atoms with E-state index in [1.807, 2.05) is 13.0 Å². The first-order valence-electron chi connectivity index (χ1n) is 9.19. The summed E-state index contributed by atoms with van der Waals surface area (Å²) in [6.45, 7) is 4.57. The lowest BCUT2D eigenvalue weighted by Gasteiger charge is -2.28. The molecule has 1 aliphatic heterocycles. The molecular formula is C19H29N3O2. The molecule has 1 aromatic carbocycles. The summed E-state index contributed by atoms with van der Waals surface area (Å²) in [5.41, 5.74) is 3.22. The highest BCUT2D eigenvalue weighted by Crippen LogP contribution is 2.26. The van der Waals surface area contributed by atoms with E-state index in [9.17, 15) is 9.90 Å². The average Bonchev–Trinajstić information content (AvgIpc) is 3.12. The standard InChI is InChI=1S/C19H29N3O2/c1-14-12-17(22-10-2-3-11-22)8-9-18(14)21-19(24)20-16-6-4-15(13-23)5-7-16/h8-9,12,15-16,23H,2-7,10-11,13H2,1H3,(H2,20,21,24). The molecule has 1 heterocycles. The summed E-state index contributed by atoms with van der Waals surface area (Å²) in [7, 11) is 0. The third-order valence-electron chi connectivity index (χ3n) is 5.37. The fourth-order valence-electron chi connectivity index (χ4n) is 3.79. The number of carbonyl (C=O) groups is 1. The molecule has 1 aromatic rings. The summed E-state index contributed by atoms with van der Waals surface area (Å²) in [5.74, 6) is 0.409. The predicted octanol–water partition coefficient (Wildman–Crippen LogP) is 3.27. The number of aliphatic hydroxyl groups excluding tert-OH is 1. The predicted molar refractivity (Wildman–Crippen MR) is 97.6 cm³/mol. The molecule has 0 atom stereocenters. The third kappa shape index (κ3) is 4.20. The van der Waals surface area contributed by atoms with Gasteiger partial charge in [0.05, 0.1) is 0 Å². The normalized spacial score (nSPS) is 24.0. The molecule has 0 radical (unpaired) electrons. The van der Waals surface area contributed by atoms with Crippen LogP contribution >= 0.6 is 0 Å². The Morgan fingerprint density at radius 1 is 1.21 bits per heavy atom. The van der Waals surface area contributed by atoms with Gasteiger partial charge in [-0.1, -0.05) is 0 Å². The van der Waals surface area contributed by atoms with Crippen LogP contribution in [0, 0.1) is 12.8 Å². The van der Waals surface area contributed by atoms with Crippen LogP contribution in [0.15, 0.2) is 18.2 Å². The number of aliphatic hydroxyl groups is 1. The van der Waals surface area contributed by atoms with E-state index in [-0.39, 0.29) is 18.7 Å². The monoisotopic (exact) mass is 331 g/mol. The minimum atomic E-state index is -0.125. The van der Waals surface area contributed by atoms with Crippen molar-refractivity contribution in [2.24, 2.45) is 5.92 Å². The number of hydrogen-bond donors (Lipinski definition) is 3. The largest absolute Gasteiger partial charge is 0.396 e. The van der Waals surface area contributed by atoms with Crippen LogP contribution in [0.5, 0.6) is 0 Å². The second-order valence-corrected chi connectivity index (χ2v) is 7.19. The van der Waals surface area contributed by atoms with Crippen molar-refractivity contribution in [1.29, 1.82) is 0 Å². The summed E-state index contributed by atoms with van der Waals surface area (Å²) >= 11 is 0. The highest BCUT2D eigenvalue weighted by atomic mass is 16.3. The van der Waals surface area contributed by atoms with Gasteiger partial charge in [0, 0.05) is 37.1 Å². The molecule has 5 nitrogen and oxygen atoms in total. The Balaban J connectivity index is 1.52. The second-order valence-electron chi connectivity index (χ2n) is 7.19. The number of urea groups is 1. The Labute approximate surface area is 144 Å². The summed E-state index contributed by atoms with van der Waals surface area (Å²) < 4.78 is 0. The zero-order valence-electron chi connectivity index (χ0n) is 14.6. The van der Waals surface area contributed by atoms with Gasteiger partial charge in [0.25, 0.3) is 0 Å². The van der Waals surface area contributed by atoms with Crippen molar-refractivity contribution >= 4 is 17.4 Å². The van der Waals surface area contributed by atoms with Crippen LogP contribution in [-0.4, -0.2) is 36.9 Å². The van der Waals surface area contributed by atoms with Crippen LogP contribution in [0.25, 0.3) is 0 Å². The van der Waals surface area contributed by atoms with Crippen LogP contribution in [-0.2, 0) is 0 Å². The molecule has 2 aliphatic rings. The van der Waals surface area contributed by atoms with Crippen molar-refractivity contribution in [3.8, 4) is 0 Å². The Bertz CT molecular complexity index is 562. The number of benzene rings is 1.